The zero-order valence-corrected chi connectivity index (χ0v) is 6.39. The number of carbonyl (C=O) groups excluding carboxylic acids is 2. The van der Waals surface area contributed by atoms with Crippen molar-refractivity contribution in [1.82, 2.24) is 0 Å². The lowest BCUT2D eigenvalue weighted by atomic mass is 9.70. The Balaban J connectivity index is 2.51. The first-order valence-electron chi connectivity index (χ1n) is 3.64. The molecule has 0 heterocycles. The number of rotatable bonds is 2. The predicted molar refractivity (Wildman–Crippen MR) is 37.6 cm³/mol. The van der Waals surface area contributed by atoms with E-state index in [0.29, 0.717) is 0 Å². The molecule has 56 valence electrons. The van der Waals surface area contributed by atoms with E-state index in [9.17, 15) is 9.59 Å². The molecule has 0 aromatic heterocycles. The Kier molecular flexibility index (Phi) is 1.88. The molecule has 1 rings (SSSR count). The second kappa shape index (κ2) is 2.52. The lowest BCUT2D eigenvalue weighted by Crippen LogP contribution is -2.35. The Morgan fingerprint density at radius 1 is 1.00 bits per heavy atom. The summed E-state index contributed by atoms with van der Waals surface area (Å²) in [6, 6.07) is 0. The minimum absolute atomic E-state index is 0.0532. The Bertz CT molecular complexity index is 152. The van der Waals surface area contributed by atoms with Gasteiger partial charge in [-0.3, -0.25) is 9.59 Å². The zero-order chi connectivity index (χ0) is 7.72. The van der Waals surface area contributed by atoms with E-state index in [1.807, 2.05) is 0 Å². The molecule has 1 fully saturated rings. The van der Waals surface area contributed by atoms with Crippen LogP contribution in [0.3, 0.4) is 0 Å². The van der Waals surface area contributed by atoms with Crippen molar-refractivity contribution in [3.8, 4) is 0 Å². The number of hydrogen-bond acceptors (Lipinski definition) is 2. The van der Waals surface area contributed by atoms with E-state index in [4.69, 9.17) is 0 Å². The third-order valence-electron chi connectivity index (χ3n) is 2.32. The molecule has 1 aliphatic carbocycles. The van der Waals surface area contributed by atoms with E-state index in [1.54, 1.807) is 13.8 Å². The van der Waals surface area contributed by atoms with Gasteiger partial charge in [0.1, 0.15) is 11.6 Å². The van der Waals surface area contributed by atoms with Crippen LogP contribution in [0.2, 0.25) is 0 Å². The highest BCUT2D eigenvalue weighted by Gasteiger charge is 2.36. The third kappa shape index (κ3) is 1.11. The van der Waals surface area contributed by atoms with Crippen LogP contribution < -0.4 is 0 Å². The summed E-state index contributed by atoms with van der Waals surface area (Å²) in [6.07, 6.45) is 1.83. The normalized spacial score (nSPS) is 31.0. The summed E-state index contributed by atoms with van der Waals surface area (Å²) in [7, 11) is 0. The van der Waals surface area contributed by atoms with Gasteiger partial charge in [-0.05, 0) is 26.7 Å². The third-order valence-corrected chi connectivity index (χ3v) is 2.32. The van der Waals surface area contributed by atoms with Gasteiger partial charge in [0.2, 0.25) is 0 Å². The van der Waals surface area contributed by atoms with Gasteiger partial charge in [0.25, 0.3) is 0 Å². The highest BCUT2D eigenvalue weighted by molar-refractivity contribution is 5.88. The van der Waals surface area contributed by atoms with Crippen molar-refractivity contribution in [2.75, 3.05) is 0 Å². The minimum Gasteiger partial charge on any atom is -0.300 e. The van der Waals surface area contributed by atoms with Crippen LogP contribution in [-0.4, -0.2) is 11.6 Å². The van der Waals surface area contributed by atoms with Gasteiger partial charge in [0, 0.05) is 11.8 Å². The van der Waals surface area contributed by atoms with Crippen LogP contribution >= 0.6 is 0 Å². The van der Waals surface area contributed by atoms with E-state index in [1.165, 1.54) is 0 Å². The number of hydrogen-bond donors (Lipinski definition) is 0. The van der Waals surface area contributed by atoms with Crippen LogP contribution in [0, 0.1) is 11.8 Å². The van der Waals surface area contributed by atoms with Crippen molar-refractivity contribution in [3.63, 3.8) is 0 Å². The SMILES string of the molecule is CC(=O)C1CCC1C(C)=O. The van der Waals surface area contributed by atoms with Crippen molar-refractivity contribution >= 4 is 11.6 Å². The average Bonchev–Trinajstić information content (AvgIpc) is 1.56. The maximum Gasteiger partial charge on any atom is 0.133 e. The van der Waals surface area contributed by atoms with Gasteiger partial charge >= 0.3 is 0 Å². The van der Waals surface area contributed by atoms with Gasteiger partial charge in [-0.1, -0.05) is 0 Å². The fraction of sp³-hybridized carbons (Fsp3) is 0.750. The van der Waals surface area contributed by atoms with E-state index < -0.39 is 0 Å². The molecule has 0 bridgehead atoms. The molecule has 0 N–H and O–H groups in total. The van der Waals surface area contributed by atoms with E-state index in [0.717, 1.165) is 12.8 Å². The monoisotopic (exact) mass is 140 g/mol. The average molecular weight is 140 g/mol. The minimum atomic E-state index is 0.0532. The lowest BCUT2D eigenvalue weighted by molar-refractivity contribution is -0.135. The fourth-order valence-electron chi connectivity index (χ4n) is 1.47. The second-order valence-electron chi connectivity index (χ2n) is 3.01. The molecule has 10 heavy (non-hydrogen) atoms. The Labute approximate surface area is 60.6 Å². The quantitative estimate of drug-likeness (QED) is 0.577. The molecule has 1 aliphatic rings. The van der Waals surface area contributed by atoms with Crippen LogP contribution in [0.15, 0.2) is 0 Å². The zero-order valence-electron chi connectivity index (χ0n) is 6.39. The molecule has 2 nitrogen and oxygen atoms in total. The largest absolute Gasteiger partial charge is 0.300 e. The highest BCUT2D eigenvalue weighted by Crippen LogP contribution is 2.35. The van der Waals surface area contributed by atoms with Gasteiger partial charge in [0.15, 0.2) is 0 Å². The van der Waals surface area contributed by atoms with Gasteiger partial charge in [-0.15, -0.1) is 0 Å². The van der Waals surface area contributed by atoms with Crippen molar-refractivity contribution in [2.24, 2.45) is 11.8 Å². The Morgan fingerprint density at radius 2 is 1.30 bits per heavy atom. The topological polar surface area (TPSA) is 34.1 Å². The van der Waals surface area contributed by atoms with Crippen LogP contribution in [0.5, 0.6) is 0 Å². The summed E-state index contributed by atoms with van der Waals surface area (Å²) in [5, 5.41) is 0. The van der Waals surface area contributed by atoms with Gasteiger partial charge in [-0.25, -0.2) is 0 Å². The van der Waals surface area contributed by atoms with Crippen molar-refractivity contribution in [1.29, 1.82) is 0 Å². The number of ketones is 2. The first kappa shape index (κ1) is 7.45. The van der Waals surface area contributed by atoms with Crippen LogP contribution in [0.1, 0.15) is 26.7 Å². The Hall–Kier alpha value is -0.660. The lowest BCUT2D eigenvalue weighted by Gasteiger charge is -2.32. The maximum absolute atomic E-state index is 10.8. The van der Waals surface area contributed by atoms with Gasteiger partial charge in [-0.2, -0.15) is 0 Å². The molecule has 0 radical (unpaired) electrons. The second-order valence-corrected chi connectivity index (χ2v) is 3.01. The summed E-state index contributed by atoms with van der Waals surface area (Å²) in [5.41, 5.74) is 0. The molecule has 1 saturated carbocycles. The smallest absolute Gasteiger partial charge is 0.133 e. The molecule has 0 saturated heterocycles. The fourth-order valence-corrected chi connectivity index (χ4v) is 1.47. The standard InChI is InChI=1S/C8H12O2/c1-5(9)7-3-4-8(7)6(2)10/h7-8H,3-4H2,1-2H3. The van der Waals surface area contributed by atoms with Gasteiger partial charge < -0.3 is 0 Å². The summed E-state index contributed by atoms with van der Waals surface area (Å²) >= 11 is 0. The van der Waals surface area contributed by atoms with E-state index in [2.05, 4.69) is 0 Å². The summed E-state index contributed by atoms with van der Waals surface area (Å²) in [4.78, 5) is 21.6. The summed E-state index contributed by atoms with van der Waals surface area (Å²) in [6.45, 7) is 3.14. The molecule has 0 amide bonds. The highest BCUT2D eigenvalue weighted by atomic mass is 16.1. The number of carbonyl (C=O) groups is 2. The van der Waals surface area contributed by atoms with Crippen molar-refractivity contribution < 1.29 is 9.59 Å². The molecule has 2 heteroatoms. The van der Waals surface area contributed by atoms with Crippen molar-refractivity contribution in [2.45, 2.75) is 26.7 Å². The van der Waals surface area contributed by atoms with Crippen LogP contribution in [0.25, 0.3) is 0 Å². The summed E-state index contributed by atoms with van der Waals surface area (Å²) < 4.78 is 0. The molecule has 0 spiro atoms. The van der Waals surface area contributed by atoms with E-state index in [-0.39, 0.29) is 23.4 Å². The predicted octanol–water partition coefficient (Wildman–Crippen LogP) is 1.19. The molecular weight excluding hydrogens is 128 g/mol. The molecular formula is C8H12O2. The molecule has 0 aromatic carbocycles. The molecule has 2 unspecified atom stereocenters. The van der Waals surface area contributed by atoms with Crippen LogP contribution in [0.4, 0.5) is 0 Å². The Morgan fingerprint density at radius 3 is 1.40 bits per heavy atom. The first-order valence-corrected chi connectivity index (χ1v) is 3.64. The number of Topliss-reactive ketones (excluding diaryl/α,β-unsaturated/α-hetero) is 2. The molecule has 0 aromatic rings. The van der Waals surface area contributed by atoms with Gasteiger partial charge in [0.05, 0.1) is 0 Å². The molecule has 0 aliphatic heterocycles. The van der Waals surface area contributed by atoms with Crippen molar-refractivity contribution in [3.05, 3.63) is 0 Å². The maximum atomic E-state index is 10.8. The van der Waals surface area contributed by atoms with E-state index >= 15 is 0 Å². The molecule has 2 atom stereocenters. The summed E-state index contributed by atoms with van der Waals surface area (Å²) in [5.74, 6) is 0.452. The first-order chi connectivity index (χ1) is 4.63. The van der Waals surface area contributed by atoms with Crippen LogP contribution in [-0.2, 0) is 9.59 Å².